The Hall–Kier alpha value is -2.09. The molecule has 4 atom stereocenters. The van der Waals surface area contributed by atoms with Crippen LogP contribution >= 0.6 is 23.5 Å². The minimum absolute atomic E-state index is 0.0590. The first-order valence-electron chi connectivity index (χ1n) is 8.79. The van der Waals surface area contributed by atoms with Crippen molar-refractivity contribution in [3.05, 3.63) is 40.9 Å². The molecule has 1 unspecified atom stereocenters. The summed E-state index contributed by atoms with van der Waals surface area (Å²) in [5.41, 5.74) is 5.51. The van der Waals surface area contributed by atoms with Crippen LogP contribution < -0.4 is 11.3 Å². The number of aromatic nitrogens is 4. The second kappa shape index (κ2) is 7.31. The van der Waals surface area contributed by atoms with Crippen LogP contribution in [0.2, 0.25) is 0 Å². The Morgan fingerprint density at radius 3 is 2.72 bits per heavy atom. The van der Waals surface area contributed by atoms with E-state index < -0.39 is 30.1 Å². The molecule has 4 heterocycles. The van der Waals surface area contributed by atoms with Gasteiger partial charge in [-0.25, -0.2) is 4.98 Å². The van der Waals surface area contributed by atoms with Crippen LogP contribution in [0.25, 0.3) is 11.2 Å². The molecule has 1 fully saturated rings. The fraction of sp³-hybridized carbons (Fsp3) is 0.353. The van der Waals surface area contributed by atoms with Gasteiger partial charge in [-0.05, 0) is 12.1 Å². The van der Waals surface area contributed by atoms with E-state index in [-0.39, 0.29) is 28.5 Å². The SMILES string of the molecule is Nc1nc2c(ncn2[C@@H]2O[C@H](CO)C(O)[C@@H]2OC2Sc3ccccc3S2)c(=O)[nH]1. The topological polar surface area (TPSA) is 149 Å². The van der Waals surface area contributed by atoms with E-state index in [4.69, 9.17) is 15.2 Å². The molecule has 3 aromatic rings. The quantitative estimate of drug-likeness (QED) is 0.457. The number of H-pyrrole nitrogens is 1. The van der Waals surface area contributed by atoms with Gasteiger partial charge < -0.3 is 25.4 Å². The highest BCUT2D eigenvalue weighted by Crippen LogP contribution is 2.50. The average Bonchev–Trinajstić information content (AvgIpc) is 3.38. The first-order chi connectivity index (χ1) is 14.0. The molecule has 0 spiro atoms. The maximum Gasteiger partial charge on any atom is 0.280 e. The number of nitrogens with two attached hydrogens (primary N) is 1. The van der Waals surface area contributed by atoms with E-state index >= 15 is 0 Å². The van der Waals surface area contributed by atoms with E-state index in [1.54, 1.807) is 0 Å². The minimum atomic E-state index is -1.08. The van der Waals surface area contributed by atoms with E-state index in [0.717, 1.165) is 9.79 Å². The molecule has 5 N–H and O–H groups in total. The van der Waals surface area contributed by atoms with Crippen molar-refractivity contribution < 1.29 is 19.7 Å². The minimum Gasteiger partial charge on any atom is -0.394 e. The summed E-state index contributed by atoms with van der Waals surface area (Å²) in [7, 11) is 0. The monoisotopic (exact) mass is 435 g/mol. The summed E-state index contributed by atoms with van der Waals surface area (Å²) >= 11 is 3.08. The molecule has 0 amide bonds. The lowest BCUT2D eigenvalue weighted by atomic mass is 10.1. The fourth-order valence-corrected chi connectivity index (χ4v) is 6.00. The number of nitrogen functional groups attached to an aromatic ring is 1. The molecule has 1 saturated heterocycles. The van der Waals surface area contributed by atoms with Gasteiger partial charge in [0.25, 0.3) is 5.56 Å². The summed E-state index contributed by atoms with van der Waals surface area (Å²) in [6, 6.07) is 7.93. The number of thioether (sulfide) groups is 2. The largest absolute Gasteiger partial charge is 0.394 e. The second-order valence-electron chi connectivity index (χ2n) is 6.59. The molecule has 10 nitrogen and oxygen atoms in total. The van der Waals surface area contributed by atoms with Crippen LogP contribution in [0.3, 0.4) is 0 Å². The molecule has 0 bridgehead atoms. The summed E-state index contributed by atoms with van der Waals surface area (Å²) in [4.78, 5) is 24.9. The van der Waals surface area contributed by atoms with E-state index in [1.165, 1.54) is 34.4 Å². The fourth-order valence-electron chi connectivity index (χ4n) is 3.43. The molecule has 29 heavy (non-hydrogen) atoms. The number of imidazole rings is 1. The number of nitrogens with zero attached hydrogens (tertiary/aromatic N) is 3. The highest BCUT2D eigenvalue weighted by molar-refractivity contribution is 8.19. The lowest BCUT2D eigenvalue weighted by Crippen LogP contribution is -2.36. The predicted octanol–water partition coefficient (Wildman–Crippen LogP) is 0.519. The highest BCUT2D eigenvalue weighted by Gasteiger charge is 2.47. The third-order valence-electron chi connectivity index (χ3n) is 4.78. The third kappa shape index (κ3) is 3.21. The molecule has 0 aliphatic carbocycles. The van der Waals surface area contributed by atoms with E-state index in [1.807, 2.05) is 24.3 Å². The number of anilines is 1. The van der Waals surface area contributed by atoms with Gasteiger partial charge >= 0.3 is 0 Å². The lowest BCUT2D eigenvalue weighted by molar-refractivity contribution is -0.0646. The third-order valence-corrected chi connectivity index (χ3v) is 7.31. The van der Waals surface area contributed by atoms with Crippen LogP contribution in [0.15, 0.2) is 45.2 Å². The lowest BCUT2D eigenvalue weighted by Gasteiger charge is -2.24. The molecule has 5 rings (SSSR count). The summed E-state index contributed by atoms with van der Waals surface area (Å²) in [5.74, 6) is -0.0590. The van der Waals surface area contributed by atoms with Gasteiger partial charge in [0.05, 0.1) is 12.9 Å². The molecule has 2 aromatic heterocycles. The Morgan fingerprint density at radius 2 is 2.03 bits per heavy atom. The van der Waals surface area contributed by atoms with Gasteiger partial charge in [0.15, 0.2) is 22.2 Å². The van der Waals surface area contributed by atoms with E-state index in [2.05, 4.69) is 15.0 Å². The van der Waals surface area contributed by atoms with Crippen LogP contribution in [-0.2, 0) is 9.47 Å². The maximum absolute atomic E-state index is 12.1. The van der Waals surface area contributed by atoms with Crippen LogP contribution in [0.1, 0.15) is 6.23 Å². The molecule has 2 aliphatic rings. The molecule has 2 aliphatic heterocycles. The summed E-state index contributed by atoms with van der Waals surface area (Å²) in [6.45, 7) is -0.383. The van der Waals surface area contributed by atoms with Crippen molar-refractivity contribution in [1.82, 2.24) is 19.5 Å². The van der Waals surface area contributed by atoms with Crippen LogP contribution in [0.5, 0.6) is 0 Å². The first-order valence-corrected chi connectivity index (χ1v) is 10.6. The number of rotatable bonds is 4. The van der Waals surface area contributed by atoms with Crippen molar-refractivity contribution in [1.29, 1.82) is 0 Å². The number of nitrogens with one attached hydrogen (secondary N) is 1. The van der Waals surface area contributed by atoms with Gasteiger partial charge in [-0.3, -0.25) is 14.3 Å². The van der Waals surface area contributed by atoms with Crippen LogP contribution in [0, 0.1) is 0 Å². The van der Waals surface area contributed by atoms with Gasteiger partial charge in [0, 0.05) is 9.79 Å². The number of ether oxygens (including phenoxy) is 2. The zero-order chi connectivity index (χ0) is 20.1. The van der Waals surface area contributed by atoms with Gasteiger partial charge in [-0.2, -0.15) is 4.98 Å². The Kier molecular flexibility index (Phi) is 4.76. The second-order valence-corrected chi connectivity index (χ2v) is 9.09. The number of hydrogen-bond acceptors (Lipinski definition) is 10. The summed E-state index contributed by atoms with van der Waals surface area (Å²) in [6.07, 6.45) is -2.19. The van der Waals surface area contributed by atoms with Crippen molar-refractivity contribution >= 4 is 40.6 Å². The Labute approximate surface area is 172 Å². The summed E-state index contributed by atoms with van der Waals surface area (Å²) < 4.78 is 13.2. The summed E-state index contributed by atoms with van der Waals surface area (Å²) in [5, 5.41) is 20.3. The predicted molar refractivity (Wildman–Crippen MR) is 106 cm³/mol. The number of hydrogen-bond donors (Lipinski definition) is 4. The van der Waals surface area contributed by atoms with Crippen LogP contribution in [0.4, 0.5) is 5.95 Å². The average molecular weight is 435 g/mol. The Morgan fingerprint density at radius 1 is 1.31 bits per heavy atom. The zero-order valence-electron chi connectivity index (χ0n) is 14.8. The first kappa shape index (κ1) is 18.9. The normalized spacial score (nSPS) is 27.0. The van der Waals surface area contributed by atoms with Crippen molar-refractivity contribution in [2.75, 3.05) is 12.3 Å². The van der Waals surface area contributed by atoms with Gasteiger partial charge in [0.1, 0.15) is 18.3 Å². The van der Waals surface area contributed by atoms with Gasteiger partial charge in [-0.15, -0.1) is 0 Å². The number of aromatic amines is 1. The van der Waals surface area contributed by atoms with Crippen molar-refractivity contribution in [2.24, 2.45) is 0 Å². The molecule has 0 saturated carbocycles. The molecule has 0 radical (unpaired) electrons. The number of benzene rings is 1. The molecule has 12 heteroatoms. The standard InChI is InChI=1S/C17H17N5O5S2/c18-16-20-13-10(14(25)21-16)19-6-22(13)15-12(11(24)7(5-23)26-15)27-17-28-8-3-1-2-4-9(8)29-17/h1-4,6-7,11-12,15,17,23-24H,5H2,(H3,18,20,21,25)/t7-,11?,12+,15-/m1/s1. The van der Waals surface area contributed by atoms with Crippen LogP contribution in [-0.4, -0.2) is 59.4 Å². The number of fused-ring (bicyclic) bond motifs is 2. The maximum atomic E-state index is 12.1. The number of aliphatic hydroxyl groups is 2. The molecule has 152 valence electrons. The number of aliphatic hydroxyl groups excluding tert-OH is 2. The highest BCUT2D eigenvalue weighted by atomic mass is 32.2. The smallest absolute Gasteiger partial charge is 0.280 e. The Bertz CT molecular complexity index is 1100. The van der Waals surface area contributed by atoms with Crippen molar-refractivity contribution in [2.45, 2.75) is 39.1 Å². The van der Waals surface area contributed by atoms with Gasteiger partial charge in [0.2, 0.25) is 5.95 Å². The van der Waals surface area contributed by atoms with E-state index in [9.17, 15) is 15.0 Å². The molecule has 1 aromatic carbocycles. The van der Waals surface area contributed by atoms with Crippen molar-refractivity contribution in [3.8, 4) is 0 Å². The molecular weight excluding hydrogens is 418 g/mol. The van der Waals surface area contributed by atoms with Crippen molar-refractivity contribution in [3.63, 3.8) is 0 Å². The Balaban J connectivity index is 1.48. The van der Waals surface area contributed by atoms with E-state index in [0.29, 0.717) is 0 Å². The van der Waals surface area contributed by atoms with Gasteiger partial charge in [-0.1, -0.05) is 35.7 Å². The zero-order valence-corrected chi connectivity index (χ0v) is 16.5. The molecular formula is C17H17N5O5S2.